The molecule has 0 heterocycles. The van der Waals surface area contributed by atoms with Gasteiger partial charge in [-0.15, -0.1) is 0 Å². The maximum atomic E-state index is 12.5. The molecule has 1 aromatic rings. The zero-order valence-electron chi connectivity index (χ0n) is 7.48. The fourth-order valence-corrected chi connectivity index (χ4v) is 1.14. The van der Waals surface area contributed by atoms with E-state index in [-0.39, 0.29) is 11.3 Å². The number of methoxy groups -OCH3 is 1. The van der Waals surface area contributed by atoms with E-state index in [0.717, 1.165) is 0 Å². The largest absolute Gasteiger partial charge is 0.496 e. The minimum absolute atomic E-state index is 0.100. The highest BCUT2D eigenvalue weighted by atomic mass is 19.4. The molecule has 1 rings (SSSR count). The van der Waals surface area contributed by atoms with Gasteiger partial charge in [-0.05, 0) is 17.7 Å². The Bertz CT molecular complexity index is 342. The summed E-state index contributed by atoms with van der Waals surface area (Å²) in [6, 6.07) is 4.00. The van der Waals surface area contributed by atoms with E-state index in [1.807, 2.05) is 0 Å². The van der Waals surface area contributed by atoms with Gasteiger partial charge in [0.2, 0.25) is 0 Å². The first-order valence-electron chi connectivity index (χ1n) is 3.78. The lowest BCUT2D eigenvalue weighted by molar-refractivity contribution is -0.139. The summed E-state index contributed by atoms with van der Waals surface area (Å²) < 4.78 is 42.2. The quantitative estimate of drug-likeness (QED) is 0.714. The van der Waals surface area contributed by atoms with Gasteiger partial charge in [-0.3, -0.25) is 0 Å². The second-order valence-corrected chi connectivity index (χ2v) is 2.56. The predicted molar refractivity (Wildman–Crippen MR) is 46.0 cm³/mol. The number of hydrogen-bond acceptors (Lipinski definition) is 1. The molecule has 0 aliphatic rings. The summed E-state index contributed by atoms with van der Waals surface area (Å²) >= 11 is 0. The van der Waals surface area contributed by atoms with E-state index >= 15 is 0 Å². The molecule has 1 nitrogen and oxygen atoms in total. The zero-order valence-corrected chi connectivity index (χ0v) is 7.48. The summed E-state index contributed by atoms with van der Waals surface area (Å²) in [4.78, 5) is 0. The van der Waals surface area contributed by atoms with Crippen LogP contribution in [0.3, 0.4) is 0 Å². The average molecular weight is 201 g/mol. The van der Waals surface area contributed by atoms with E-state index in [2.05, 4.69) is 17.4 Å². The molecule has 0 saturated carbocycles. The number of rotatable bonds is 2. The van der Waals surface area contributed by atoms with Gasteiger partial charge in [0.25, 0.3) is 0 Å². The van der Waals surface area contributed by atoms with Crippen molar-refractivity contribution in [1.82, 2.24) is 0 Å². The third-order valence-electron chi connectivity index (χ3n) is 1.72. The van der Waals surface area contributed by atoms with E-state index < -0.39 is 11.7 Å². The number of hydrogen-bond donors (Lipinski definition) is 0. The van der Waals surface area contributed by atoms with Crippen LogP contribution in [0.25, 0.3) is 0 Å². The Hall–Kier alpha value is -1.45. The number of halogens is 3. The second-order valence-electron chi connectivity index (χ2n) is 2.56. The first-order chi connectivity index (χ1) is 6.50. The highest BCUT2D eigenvalue weighted by Crippen LogP contribution is 2.38. The summed E-state index contributed by atoms with van der Waals surface area (Å²) in [5.74, 6) is -0.217. The monoisotopic (exact) mass is 201 g/mol. The smallest absolute Gasteiger partial charge is 0.420 e. The van der Waals surface area contributed by atoms with Crippen LogP contribution in [-0.4, -0.2) is 7.11 Å². The first-order valence-corrected chi connectivity index (χ1v) is 3.78. The Morgan fingerprint density at radius 1 is 1.36 bits per heavy atom. The van der Waals surface area contributed by atoms with Gasteiger partial charge in [-0.1, -0.05) is 18.7 Å². The van der Waals surface area contributed by atoms with E-state index in [1.165, 1.54) is 25.3 Å². The highest BCUT2D eigenvalue weighted by Gasteiger charge is 2.36. The predicted octanol–water partition coefficient (Wildman–Crippen LogP) is 3.05. The van der Waals surface area contributed by atoms with Crippen LogP contribution in [0.2, 0.25) is 0 Å². The normalized spacial score (nSPS) is 11.1. The molecular formula is C10H8F3O. The Labute approximate surface area is 79.8 Å². The van der Waals surface area contributed by atoms with E-state index in [1.54, 1.807) is 0 Å². The van der Waals surface area contributed by atoms with E-state index in [9.17, 15) is 13.2 Å². The molecule has 0 fully saturated rings. The molecule has 4 heteroatoms. The van der Waals surface area contributed by atoms with Crippen LogP contribution < -0.4 is 4.74 Å². The lowest BCUT2D eigenvalue weighted by Gasteiger charge is -2.13. The Morgan fingerprint density at radius 3 is 2.43 bits per heavy atom. The molecule has 0 N–H and O–H groups in total. The topological polar surface area (TPSA) is 9.23 Å². The molecular weight excluding hydrogens is 193 g/mol. The van der Waals surface area contributed by atoms with Crippen molar-refractivity contribution < 1.29 is 17.9 Å². The lowest BCUT2D eigenvalue weighted by Crippen LogP contribution is -2.09. The van der Waals surface area contributed by atoms with Gasteiger partial charge in [0, 0.05) is 0 Å². The minimum atomic E-state index is -4.45. The summed E-state index contributed by atoms with van der Waals surface area (Å²) in [5, 5.41) is 0. The van der Waals surface area contributed by atoms with Crippen molar-refractivity contribution in [3.63, 3.8) is 0 Å². The van der Waals surface area contributed by atoms with Crippen molar-refractivity contribution in [1.29, 1.82) is 0 Å². The summed E-state index contributed by atoms with van der Waals surface area (Å²) in [5.41, 5.74) is -0.936. The molecule has 0 saturated heterocycles. The van der Waals surface area contributed by atoms with Gasteiger partial charge in [-0.25, -0.2) is 0 Å². The van der Waals surface area contributed by atoms with Gasteiger partial charge in [0.15, 0.2) is 0 Å². The van der Waals surface area contributed by atoms with Crippen LogP contribution in [0, 0.1) is 6.08 Å². The van der Waals surface area contributed by atoms with Crippen LogP contribution in [0.1, 0.15) is 11.1 Å². The molecule has 14 heavy (non-hydrogen) atoms. The molecule has 0 aliphatic carbocycles. The van der Waals surface area contributed by atoms with Gasteiger partial charge >= 0.3 is 6.18 Å². The Morgan fingerprint density at radius 2 is 2.00 bits per heavy atom. The van der Waals surface area contributed by atoms with Crippen molar-refractivity contribution in [2.24, 2.45) is 0 Å². The van der Waals surface area contributed by atoms with Crippen molar-refractivity contribution in [3.05, 3.63) is 42.0 Å². The van der Waals surface area contributed by atoms with Crippen LogP contribution >= 0.6 is 0 Å². The van der Waals surface area contributed by atoms with Crippen LogP contribution in [0.4, 0.5) is 13.2 Å². The number of benzene rings is 1. The Kier molecular flexibility index (Phi) is 2.84. The molecule has 0 spiro atoms. The molecule has 0 unspecified atom stereocenters. The standard InChI is InChI=1S/C10H8F3O/c1-3-7-5-4-6-8(14-2)9(7)10(11,12)13/h4-6H,1H2,2H3. The SMILES string of the molecule is C=[C]c1cccc(OC)c1C(F)(F)F. The zero-order chi connectivity index (χ0) is 10.8. The maximum Gasteiger partial charge on any atom is 0.420 e. The summed E-state index contributed by atoms with van der Waals surface area (Å²) in [7, 11) is 1.19. The van der Waals surface area contributed by atoms with Crippen molar-refractivity contribution in [2.75, 3.05) is 7.11 Å². The van der Waals surface area contributed by atoms with Crippen LogP contribution in [0.15, 0.2) is 24.8 Å². The van der Waals surface area contributed by atoms with E-state index in [4.69, 9.17) is 0 Å². The lowest BCUT2D eigenvalue weighted by atomic mass is 10.1. The molecule has 1 radical (unpaired) electrons. The fourth-order valence-electron chi connectivity index (χ4n) is 1.14. The molecule has 0 amide bonds. The molecule has 0 atom stereocenters. The van der Waals surface area contributed by atoms with Gasteiger partial charge < -0.3 is 4.74 Å². The molecule has 1 aromatic carbocycles. The van der Waals surface area contributed by atoms with Crippen LogP contribution in [0.5, 0.6) is 5.75 Å². The minimum Gasteiger partial charge on any atom is -0.496 e. The van der Waals surface area contributed by atoms with Crippen molar-refractivity contribution >= 4 is 0 Å². The number of alkyl halides is 3. The van der Waals surface area contributed by atoms with Crippen molar-refractivity contribution in [3.8, 4) is 5.75 Å². The average Bonchev–Trinajstić information content (AvgIpc) is 2.15. The third kappa shape index (κ3) is 1.89. The van der Waals surface area contributed by atoms with Gasteiger partial charge in [0.1, 0.15) is 11.3 Å². The van der Waals surface area contributed by atoms with Crippen LogP contribution in [-0.2, 0) is 6.18 Å². The molecule has 0 aliphatic heterocycles. The molecule has 0 bridgehead atoms. The van der Waals surface area contributed by atoms with Gasteiger partial charge in [0.05, 0.1) is 7.11 Å². The number of ether oxygens (including phenoxy) is 1. The molecule has 0 aromatic heterocycles. The summed E-state index contributed by atoms with van der Waals surface area (Å²) in [6.45, 7) is 3.20. The van der Waals surface area contributed by atoms with Gasteiger partial charge in [-0.2, -0.15) is 13.2 Å². The second kappa shape index (κ2) is 3.74. The summed E-state index contributed by atoms with van der Waals surface area (Å²) in [6.07, 6.45) is -2.22. The maximum absolute atomic E-state index is 12.5. The Balaban J connectivity index is 3.41. The third-order valence-corrected chi connectivity index (χ3v) is 1.72. The first kappa shape index (κ1) is 10.6. The highest BCUT2D eigenvalue weighted by molar-refractivity contribution is 5.44. The fraction of sp³-hybridized carbons (Fsp3) is 0.200. The van der Waals surface area contributed by atoms with E-state index in [0.29, 0.717) is 0 Å². The van der Waals surface area contributed by atoms with Crippen molar-refractivity contribution in [2.45, 2.75) is 6.18 Å². The molecule has 75 valence electrons.